The molecule has 0 aromatic heterocycles. The van der Waals surface area contributed by atoms with E-state index in [2.05, 4.69) is 24.4 Å². The summed E-state index contributed by atoms with van der Waals surface area (Å²) in [6, 6.07) is 16.3. The van der Waals surface area contributed by atoms with E-state index in [9.17, 15) is 0 Å². The SMILES string of the molecule is COc1cc(N[C@H](C)c2ccccc2)cc(OC)c1. The molecular formula is C16H19NO2. The molecule has 0 fully saturated rings. The summed E-state index contributed by atoms with van der Waals surface area (Å²) in [5.74, 6) is 1.56. The van der Waals surface area contributed by atoms with E-state index in [0.717, 1.165) is 17.2 Å². The Kier molecular flexibility index (Phi) is 4.29. The van der Waals surface area contributed by atoms with Crippen LogP contribution in [0.3, 0.4) is 0 Å². The van der Waals surface area contributed by atoms with Crippen LogP contribution in [0.25, 0.3) is 0 Å². The molecule has 100 valence electrons. The maximum atomic E-state index is 5.26. The standard InChI is InChI=1S/C16H19NO2/c1-12(13-7-5-4-6-8-13)17-14-9-15(18-2)11-16(10-14)19-3/h4-12,17H,1-3H3/t12-/m1/s1. The Morgan fingerprint density at radius 1 is 0.895 bits per heavy atom. The molecule has 0 saturated carbocycles. The monoisotopic (exact) mass is 257 g/mol. The summed E-state index contributed by atoms with van der Waals surface area (Å²) in [6.07, 6.45) is 0. The molecule has 0 radical (unpaired) electrons. The maximum absolute atomic E-state index is 5.26. The summed E-state index contributed by atoms with van der Waals surface area (Å²) in [7, 11) is 3.30. The van der Waals surface area contributed by atoms with E-state index >= 15 is 0 Å². The number of hydrogen-bond acceptors (Lipinski definition) is 3. The van der Waals surface area contributed by atoms with Crippen LogP contribution in [0.5, 0.6) is 11.5 Å². The molecule has 0 aliphatic rings. The molecule has 0 unspecified atom stereocenters. The maximum Gasteiger partial charge on any atom is 0.124 e. The quantitative estimate of drug-likeness (QED) is 0.881. The van der Waals surface area contributed by atoms with E-state index in [1.165, 1.54) is 5.56 Å². The van der Waals surface area contributed by atoms with Gasteiger partial charge in [0.25, 0.3) is 0 Å². The lowest BCUT2D eigenvalue weighted by molar-refractivity contribution is 0.394. The third-order valence-corrected chi connectivity index (χ3v) is 3.03. The summed E-state index contributed by atoms with van der Waals surface area (Å²) in [5.41, 5.74) is 2.22. The van der Waals surface area contributed by atoms with Gasteiger partial charge < -0.3 is 14.8 Å². The minimum absolute atomic E-state index is 0.220. The van der Waals surface area contributed by atoms with Gasteiger partial charge in [0.2, 0.25) is 0 Å². The zero-order valence-electron chi connectivity index (χ0n) is 11.5. The lowest BCUT2D eigenvalue weighted by atomic mass is 10.1. The van der Waals surface area contributed by atoms with Gasteiger partial charge in [0.1, 0.15) is 11.5 Å². The van der Waals surface area contributed by atoms with Gasteiger partial charge in [0, 0.05) is 29.9 Å². The molecule has 0 spiro atoms. The van der Waals surface area contributed by atoms with Gasteiger partial charge in [-0.3, -0.25) is 0 Å². The van der Waals surface area contributed by atoms with Crippen molar-refractivity contribution in [3.05, 3.63) is 54.1 Å². The van der Waals surface area contributed by atoms with Gasteiger partial charge >= 0.3 is 0 Å². The van der Waals surface area contributed by atoms with E-state index < -0.39 is 0 Å². The van der Waals surface area contributed by atoms with E-state index in [4.69, 9.17) is 9.47 Å². The second-order valence-corrected chi connectivity index (χ2v) is 4.38. The highest BCUT2D eigenvalue weighted by atomic mass is 16.5. The third kappa shape index (κ3) is 3.41. The fraction of sp³-hybridized carbons (Fsp3) is 0.250. The Labute approximate surface area is 114 Å². The smallest absolute Gasteiger partial charge is 0.124 e. The van der Waals surface area contributed by atoms with Crippen molar-refractivity contribution < 1.29 is 9.47 Å². The molecule has 0 aliphatic heterocycles. The average Bonchev–Trinajstić information content (AvgIpc) is 2.47. The van der Waals surface area contributed by atoms with E-state index in [-0.39, 0.29) is 6.04 Å². The minimum Gasteiger partial charge on any atom is -0.497 e. The highest BCUT2D eigenvalue weighted by Crippen LogP contribution is 2.28. The zero-order chi connectivity index (χ0) is 13.7. The van der Waals surface area contributed by atoms with Crippen LogP contribution < -0.4 is 14.8 Å². The summed E-state index contributed by atoms with van der Waals surface area (Å²) in [4.78, 5) is 0. The molecule has 2 aromatic carbocycles. The Morgan fingerprint density at radius 2 is 1.47 bits per heavy atom. The highest BCUT2D eigenvalue weighted by Gasteiger charge is 2.07. The van der Waals surface area contributed by atoms with E-state index in [1.807, 2.05) is 36.4 Å². The molecule has 3 heteroatoms. The Hall–Kier alpha value is -2.16. The zero-order valence-corrected chi connectivity index (χ0v) is 11.5. The summed E-state index contributed by atoms with van der Waals surface area (Å²) < 4.78 is 10.5. The number of rotatable bonds is 5. The molecule has 0 heterocycles. The summed E-state index contributed by atoms with van der Waals surface area (Å²) in [6.45, 7) is 2.13. The van der Waals surface area contributed by atoms with Gasteiger partial charge in [-0.05, 0) is 12.5 Å². The van der Waals surface area contributed by atoms with Crippen LogP contribution in [-0.2, 0) is 0 Å². The second-order valence-electron chi connectivity index (χ2n) is 4.38. The van der Waals surface area contributed by atoms with Crippen molar-refractivity contribution in [1.29, 1.82) is 0 Å². The molecule has 0 aliphatic carbocycles. The molecule has 3 nitrogen and oxygen atoms in total. The molecule has 19 heavy (non-hydrogen) atoms. The molecule has 0 bridgehead atoms. The normalized spacial score (nSPS) is 11.7. The number of methoxy groups -OCH3 is 2. The van der Waals surface area contributed by atoms with Gasteiger partial charge in [-0.25, -0.2) is 0 Å². The number of ether oxygens (including phenoxy) is 2. The van der Waals surface area contributed by atoms with Gasteiger partial charge in [-0.15, -0.1) is 0 Å². The predicted molar refractivity (Wildman–Crippen MR) is 78.0 cm³/mol. The van der Waals surface area contributed by atoms with Crippen LogP contribution >= 0.6 is 0 Å². The summed E-state index contributed by atoms with van der Waals surface area (Å²) >= 11 is 0. The first-order valence-electron chi connectivity index (χ1n) is 6.27. The molecule has 0 amide bonds. The van der Waals surface area contributed by atoms with E-state index in [1.54, 1.807) is 14.2 Å². The van der Waals surface area contributed by atoms with Gasteiger partial charge in [-0.2, -0.15) is 0 Å². The lowest BCUT2D eigenvalue weighted by Gasteiger charge is -2.17. The first-order chi connectivity index (χ1) is 9.22. The number of hydrogen-bond donors (Lipinski definition) is 1. The van der Waals surface area contributed by atoms with Crippen molar-refractivity contribution in [3.63, 3.8) is 0 Å². The van der Waals surface area contributed by atoms with Crippen LogP contribution in [0.4, 0.5) is 5.69 Å². The summed E-state index contributed by atoms with van der Waals surface area (Å²) in [5, 5.41) is 3.45. The Morgan fingerprint density at radius 3 is 2.00 bits per heavy atom. The Bertz CT molecular complexity index is 503. The Balaban J connectivity index is 2.18. The molecule has 2 rings (SSSR count). The van der Waals surface area contributed by atoms with Crippen molar-refractivity contribution >= 4 is 5.69 Å². The first-order valence-corrected chi connectivity index (χ1v) is 6.27. The first kappa shape index (κ1) is 13.3. The molecule has 1 atom stereocenters. The average molecular weight is 257 g/mol. The third-order valence-electron chi connectivity index (χ3n) is 3.03. The van der Waals surface area contributed by atoms with Crippen LogP contribution in [0, 0.1) is 0 Å². The van der Waals surface area contributed by atoms with Crippen LogP contribution in [-0.4, -0.2) is 14.2 Å². The predicted octanol–water partition coefficient (Wildman–Crippen LogP) is 3.88. The lowest BCUT2D eigenvalue weighted by Crippen LogP contribution is -2.06. The van der Waals surface area contributed by atoms with Crippen LogP contribution in [0.2, 0.25) is 0 Å². The highest BCUT2D eigenvalue weighted by molar-refractivity contribution is 5.54. The molecule has 0 saturated heterocycles. The fourth-order valence-corrected chi connectivity index (χ4v) is 1.97. The van der Waals surface area contributed by atoms with Crippen molar-refractivity contribution in [2.45, 2.75) is 13.0 Å². The number of nitrogens with one attached hydrogen (secondary N) is 1. The second kappa shape index (κ2) is 6.14. The van der Waals surface area contributed by atoms with Crippen LogP contribution in [0.1, 0.15) is 18.5 Å². The molecular weight excluding hydrogens is 238 g/mol. The minimum atomic E-state index is 0.220. The van der Waals surface area contributed by atoms with Crippen molar-refractivity contribution in [1.82, 2.24) is 0 Å². The largest absolute Gasteiger partial charge is 0.497 e. The van der Waals surface area contributed by atoms with Gasteiger partial charge in [0.05, 0.1) is 14.2 Å². The van der Waals surface area contributed by atoms with Gasteiger partial charge in [-0.1, -0.05) is 30.3 Å². The van der Waals surface area contributed by atoms with Crippen molar-refractivity contribution in [2.24, 2.45) is 0 Å². The van der Waals surface area contributed by atoms with E-state index in [0.29, 0.717) is 0 Å². The number of benzene rings is 2. The number of anilines is 1. The molecule has 1 N–H and O–H groups in total. The van der Waals surface area contributed by atoms with Crippen LogP contribution in [0.15, 0.2) is 48.5 Å². The van der Waals surface area contributed by atoms with Gasteiger partial charge in [0.15, 0.2) is 0 Å². The topological polar surface area (TPSA) is 30.5 Å². The molecule has 2 aromatic rings. The van der Waals surface area contributed by atoms with Crippen molar-refractivity contribution in [2.75, 3.05) is 19.5 Å². The van der Waals surface area contributed by atoms with Crippen molar-refractivity contribution in [3.8, 4) is 11.5 Å². The fourth-order valence-electron chi connectivity index (χ4n) is 1.97.